The van der Waals surface area contributed by atoms with Crippen LogP contribution in [0, 0.1) is 5.92 Å². The molecule has 2 N–H and O–H groups in total. The van der Waals surface area contributed by atoms with Crippen molar-refractivity contribution >= 4 is 23.4 Å². The van der Waals surface area contributed by atoms with E-state index >= 15 is 0 Å². The van der Waals surface area contributed by atoms with Gasteiger partial charge in [0.15, 0.2) is 0 Å². The lowest BCUT2D eigenvalue weighted by Crippen LogP contribution is -2.16. The van der Waals surface area contributed by atoms with Crippen LogP contribution < -0.4 is 5.32 Å². The number of pyridine rings is 1. The van der Waals surface area contributed by atoms with Crippen molar-refractivity contribution < 1.29 is 9.90 Å². The van der Waals surface area contributed by atoms with Crippen LogP contribution in [-0.4, -0.2) is 22.6 Å². The molecule has 0 saturated heterocycles. The quantitative estimate of drug-likeness (QED) is 0.707. The van der Waals surface area contributed by atoms with E-state index in [1.807, 2.05) is 0 Å². The van der Waals surface area contributed by atoms with E-state index in [1.165, 1.54) is 25.0 Å². The van der Waals surface area contributed by atoms with E-state index in [4.69, 9.17) is 16.7 Å². The molecule has 1 aromatic heterocycles. The molecule has 0 fully saturated rings. The van der Waals surface area contributed by atoms with E-state index < -0.39 is 5.97 Å². The van der Waals surface area contributed by atoms with Crippen LogP contribution in [0.25, 0.3) is 0 Å². The van der Waals surface area contributed by atoms with Gasteiger partial charge in [-0.1, -0.05) is 44.7 Å². The Balaban J connectivity index is 2.70. The van der Waals surface area contributed by atoms with Crippen molar-refractivity contribution in [2.45, 2.75) is 39.5 Å². The van der Waals surface area contributed by atoms with Crippen LogP contribution in [0.4, 0.5) is 5.82 Å². The number of aromatic carboxylic acids is 1. The Morgan fingerprint density at radius 3 is 2.79 bits per heavy atom. The maximum Gasteiger partial charge on any atom is 0.339 e. The highest BCUT2D eigenvalue weighted by atomic mass is 35.5. The Morgan fingerprint density at radius 2 is 2.21 bits per heavy atom. The highest BCUT2D eigenvalue weighted by molar-refractivity contribution is 6.29. The Morgan fingerprint density at radius 1 is 1.47 bits per heavy atom. The zero-order chi connectivity index (χ0) is 14.3. The number of halogens is 1. The van der Waals surface area contributed by atoms with Gasteiger partial charge in [-0.15, -0.1) is 0 Å². The molecular weight excluding hydrogens is 264 g/mol. The summed E-state index contributed by atoms with van der Waals surface area (Å²) in [7, 11) is 0. The molecule has 4 nitrogen and oxygen atoms in total. The summed E-state index contributed by atoms with van der Waals surface area (Å²) in [5.74, 6) is -0.106. The minimum Gasteiger partial charge on any atom is -0.478 e. The van der Waals surface area contributed by atoms with Gasteiger partial charge in [-0.3, -0.25) is 0 Å². The topological polar surface area (TPSA) is 62.2 Å². The van der Waals surface area contributed by atoms with Crippen LogP contribution in [0.1, 0.15) is 49.9 Å². The third-order valence-corrected chi connectivity index (χ3v) is 3.40. The fraction of sp³-hybridized carbons (Fsp3) is 0.571. The number of unbranched alkanes of at least 4 members (excludes halogenated alkanes) is 1. The average Bonchev–Trinajstić information content (AvgIpc) is 2.38. The second-order valence-corrected chi connectivity index (χ2v) is 5.02. The molecule has 1 rings (SSSR count). The number of aromatic nitrogens is 1. The van der Waals surface area contributed by atoms with E-state index in [-0.39, 0.29) is 5.56 Å². The molecule has 0 spiro atoms. The monoisotopic (exact) mass is 284 g/mol. The van der Waals surface area contributed by atoms with Crippen molar-refractivity contribution in [1.29, 1.82) is 0 Å². The van der Waals surface area contributed by atoms with Gasteiger partial charge in [0.05, 0.1) is 0 Å². The summed E-state index contributed by atoms with van der Waals surface area (Å²) in [4.78, 5) is 15.2. The fourth-order valence-electron chi connectivity index (χ4n) is 1.93. The fourth-order valence-corrected chi connectivity index (χ4v) is 2.07. The summed E-state index contributed by atoms with van der Waals surface area (Å²) in [6.45, 7) is 5.04. The van der Waals surface area contributed by atoms with Crippen LogP contribution >= 0.6 is 11.6 Å². The standard InChI is InChI=1S/C14H21ClN2O2/c1-3-5-6-10(4-2)9-16-13-11(14(18)19)7-8-12(15)17-13/h7-8,10H,3-6,9H2,1-2H3,(H,16,17)(H,18,19). The summed E-state index contributed by atoms with van der Waals surface area (Å²) in [5.41, 5.74) is 0.162. The molecule has 1 unspecified atom stereocenters. The maximum atomic E-state index is 11.1. The average molecular weight is 285 g/mol. The number of rotatable bonds is 8. The first-order valence-electron chi connectivity index (χ1n) is 6.72. The highest BCUT2D eigenvalue weighted by Crippen LogP contribution is 2.19. The third-order valence-electron chi connectivity index (χ3n) is 3.19. The molecule has 1 heterocycles. The van der Waals surface area contributed by atoms with Gasteiger partial charge in [0.1, 0.15) is 16.5 Å². The highest BCUT2D eigenvalue weighted by Gasteiger charge is 2.13. The van der Waals surface area contributed by atoms with Crippen LogP contribution in [-0.2, 0) is 0 Å². The van der Waals surface area contributed by atoms with Crippen LogP contribution in [0.5, 0.6) is 0 Å². The second-order valence-electron chi connectivity index (χ2n) is 4.63. The molecule has 0 aliphatic heterocycles. The van der Waals surface area contributed by atoms with Crippen molar-refractivity contribution in [2.75, 3.05) is 11.9 Å². The largest absolute Gasteiger partial charge is 0.478 e. The van der Waals surface area contributed by atoms with E-state index in [0.29, 0.717) is 16.9 Å². The molecule has 0 radical (unpaired) electrons. The molecule has 0 aromatic carbocycles. The Labute approximate surface area is 119 Å². The zero-order valence-corrected chi connectivity index (χ0v) is 12.2. The van der Waals surface area contributed by atoms with E-state index in [2.05, 4.69) is 24.1 Å². The lowest BCUT2D eigenvalue weighted by atomic mass is 9.99. The third kappa shape index (κ3) is 5.07. The minimum absolute atomic E-state index is 0.162. The van der Waals surface area contributed by atoms with Crippen molar-refractivity contribution in [3.05, 3.63) is 22.8 Å². The molecule has 0 aliphatic carbocycles. The van der Waals surface area contributed by atoms with E-state index in [9.17, 15) is 4.79 Å². The SMILES string of the molecule is CCCCC(CC)CNc1nc(Cl)ccc1C(=O)O. The molecule has 0 aliphatic rings. The van der Waals surface area contributed by atoms with Crippen molar-refractivity contribution in [3.8, 4) is 0 Å². The number of carboxylic acids is 1. The number of hydrogen-bond acceptors (Lipinski definition) is 3. The Bertz CT molecular complexity index is 424. The van der Waals surface area contributed by atoms with Crippen LogP contribution in [0.2, 0.25) is 5.15 Å². The van der Waals surface area contributed by atoms with Gasteiger partial charge in [-0.2, -0.15) is 0 Å². The number of hydrogen-bond donors (Lipinski definition) is 2. The van der Waals surface area contributed by atoms with Crippen molar-refractivity contribution in [3.63, 3.8) is 0 Å². The molecule has 0 bridgehead atoms. The van der Waals surface area contributed by atoms with Crippen LogP contribution in [0.15, 0.2) is 12.1 Å². The van der Waals surface area contributed by atoms with Gasteiger partial charge in [-0.25, -0.2) is 9.78 Å². The number of carbonyl (C=O) groups is 1. The normalized spacial score (nSPS) is 12.2. The minimum atomic E-state index is -0.992. The summed E-state index contributed by atoms with van der Waals surface area (Å²) < 4.78 is 0. The molecule has 19 heavy (non-hydrogen) atoms. The lowest BCUT2D eigenvalue weighted by Gasteiger charge is -2.16. The van der Waals surface area contributed by atoms with Gasteiger partial charge in [0, 0.05) is 6.54 Å². The predicted octanol–water partition coefficient (Wildman–Crippen LogP) is 4.06. The predicted molar refractivity (Wildman–Crippen MR) is 78.0 cm³/mol. The van der Waals surface area contributed by atoms with Gasteiger partial charge in [0.2, 0.25) is 0 Å². The Kier molecular flexibility index (Phi) is 6.64. The first-order valence-corrected chi connectivity index (χ1v) is 7.10. The Hall–Kier alpha value is -1.29. The maximum absolute atomic E-state index is 11.1. The summed E-state index contributed by atoms with van der Waals surface area (Å²) in [5, 5.41) is 12.5. The summed E-state index contributed by atoms with van der Waals surface area (Å²) >= 11 is 5.81. The first kappa shape index (κ1) is 15.8. The first-order chi connectivity index (χ1) is 9.08. The molecule has 0 amide bonds. The second kappa shape index (κ2) is 8.00. The van der Waals surface area contributed by atoms with Crippen molar-refractivity contribution in [1.82, 2.24) is 4.98 Å². The van der Waals surface area contributed by atoms with Gasteiger partial charge in [-0.05, 0) is 24.5 Å². The number of anilines is 1. The van der Waals surface area contributed by atoms with E-state index in [1.54, 1.807) is 0 Å². The van der Waals surface area contributed by atoms with Gasteiger partial charge in [0.25, 0.3) is 0 Å². The van der Waals surface area contributed by atoms with Crippen LogP contribution in [0.3, 0.4) is 0 Å². The molecule has 1 aromatic rings. The molecule has 0 saturated carbocycles. The summed E-state index contributed by atoms with van der Waals surface area (Å²) in [6.07, 6.45) is 4.57. The van der Waals surface area contributed by atoms with Gasteiger partial charge >= 0.3 is 5.97 Å². The molecular formula is C14H21ClN2O2. The molecule has 106 valence electrons. The number of nitrogens with zero attached hydrogens (tertiary/aromatic N) is 1. The van der Waals surface area contributed by atoms with E-state index in [0.717, 1.165) is 19.4 Å². The summed E-state index contributed by atoms with van der Waals surface area (Å²) in [6, 6.07) is 2.97. The van der Waals surface area contributed by atoms with Crippen molar-refractivity contribution in [2.24, 2.45) is 5.92 Å². The zero-order valence-electron chi connectivity index (χ0n) is 11.4. The smallest absolute Gasteiger partial charge is 0.339 e. The lowest BCUT2D eigenvalue weighted by molar-refractivity contribution is 0.0697. The molecule has 5 heteroatoms. The number of nitrogens with one attached hydrogen (secondary N) is 1. The van der Waals surface area contributed by atoms with Gasteiger partial charge < -0.3 is 10.4 Å². The number of carboxylic acid groups (broad SMARTS) is 1. The molecule has 1 atom stereocenters.